The molecule has 0 bridgehead atoms. The molecule has 88 valence electrons. The highest BCUT2D eigenvalue weighted by Crippen LogP contribution is 2.24. The number of rotatable bonds is 6. The molecule has 0 heterocycles. The van der Waals surface area contributed by atoms with Crippen LogP contribution in [-0.2, 0) is 4.79 Å². The molecule has 0 aliphatic rings. The van der Waals surface area contributed by atoms with Crippen LogP contribution in [0.4, 0.5) is 0 Å². The third kappa shape index (κ3) is 4.18. The van der Waals surface area contributed by atoms with E-state index in [1.54, 1.807) is 11.8 Å². The molecule has 1 unspecified atom stereocenters. The minimum Gasteiger partial charge on any atom is -0.481 e. The van der Waals surface area contributed by atoms with Gasteiger partial charge in [-0.25, -0.2) is 0 Å². The van der Waals surface area contributed by atoms with E-state index in [0.29, 0.717) is 6.42 Å². The summed E-state index contributed by atoms with van der Waals surface area (Å²) in [5, 5.41) is 9.18. The summed E-state index contributed by atoms with van der Waals surface area (Å²) in [6.07, 6.45) is 3.68. The number of hydrogen-bond donors (Lipinski definition) is 1. The van der Waals surface area contributed by atoms with E-state index in [2.05, 4.69) is 15.9 Å². The topological polar surface area (TPSA) is 37.3 Å². The smallest absolute Gasteiger partial charge is 0.310 e. The van der Waals surface area contributed by atoms with Crippen LogP contribution in [-0.4, -0.2) is 23.1 Å². The van der Waals surface area contributed by atoms with Crippen molar-refractivity contribution in [2.75, 3.05) is 12.0 Å². The number of carboxylic acid groups (broad SMARTS) is 1. The van der Waals surface area contributed by atoms with E-state index >= 15 is 0 Å². The van der Waals surface area contributed by atoms with Crippen molar-refractivity contribution in [2.45, 2.75) is 18.8 Å². The van der Waals surface area contributed by atoms with Crippen LogP contribution in [0.15, 0.2) is 28.7 Å². The summed E-state index contributed by atoms with van der Waals surface area (Å²) in [6, 6.07) is 7.53. The molecule has 0 fully saturated rings. The molecular formula is C12H15BrO2S. The van der Waals surface area contributed by atoms with E-state index < -0.39 is 5.97 Å². The summed E-state index contributed by atoms with van der Waals surface area (Å²) in [6.45, 7) is 0. The number of halogens is 1. The summed E-state index contributed by atoms with van der Waals surface area (Å²) in [4.78, 5) is 11.2. The Morgan fingerprint density at radius 2 is 2.06 bits per heavy atom. The zero-order valence-corrected chi connectivity index (χ0v) is 11.6. The van der Waals surface area contributed by atoms with Gasteiger partial charge >= 0.3 is 5.97 Å². The number of carbonyl (C=O) groups is 1. The lowest BCUT2D eigenvalue weighted by atomic mass is 9.95. The average molecular weight is 303 g/mol. The molecule has 2 nitrogen and oxygen atoms in total. The molecule has 0 amide bonds. The summed E-state index contributed by atoms with van der Waals surface area (Å²) >= 11 is 5.10. The molecule has 16 heavy (non-hydrogen) atoms. The van der Waals surface area contributed by atoms with Crippen molar-refractivity contribution in [3.8, 4) is 0 Å². The fourth-order valence-corrected chi connectivity index (χ4v) is 2.28. The maximum Gasteiger partial charge on any atom is 0.310 e. The highest BCUT2D eigenvalue weighted by atomic mass is 79.9. The second kappa shape index (κ2) is 6.97. The third-order valence-electron chi connectivity index (χ3n) is 2.41. The zero-order valence-electron chi connectivity index (χ0n) is 9.15. The van der Waals surface area contributed by atoms with Crippen molar-refractivity contribution in [3.63, 3.8) is 0 Å². The van der Waals surface area contributed by atoms with Crippen molar-refractivity contribution < 1.29 is 9.90 Å². The lowest BCUT2D eigenvalue weighted by molar-refractivity contribution is -0.139. The van der Waals surface area contributed by atoms with E-state index in [-0.39, 0.29) is 5.92 Å². The first-order valence-corrected chi connectivity index (χ1v) is 7.31. The maximum absolute atomic E-state index is 11.2. The SMILES string of the molecule is CSCCCC(C(=O)O)c1ccc(Br)cc1. The molecule has 1 atom stereocenters. The van der Waals surface area contributed by atoms with Gasteiger partial charge in [-0.05, 0) is 42.5 Å². The van der Waals surface area contributed by atoms with Gasteiger partial charge in [-0.3, -0.25) is 4.79 Å². The number of benzene rings is 1. The summed E-state index contributed by atoms with van der Waals surface area (Å²) < 4.78 is 0.976. The monoisotopic (exact) mass is 302 g/mol. The van der Waals surface area contributed by atoms with Gasteiger partial charge in [-0.2, -0.15) is 11.8 Å². The first kappa shape index (κ1) is 13.6. The van der Waals surface area contributed by atoms with Crippen molar-refractivity contribution in [3.05, 3.63) is 34.3 Å². The number of thioether (sulfide) groups is 1. The Morgan fingerprint density at radius 1 is 1.44 bits per heavy atom. The van der Waals surface area contributed by atoms with Crippen molar-refractivity contribution >= 4 is 33.7 Å². The van der Waals surface area contributed by atoms with E-state index in [1.807, 2.05) is 30.5 Å². The Kier molecular flexibility index (Phi) is 5.91. The van der Waals surface area contributed by atoms with Gasteiger partial charge in [0.1, 0.15) is 0 Å². The van der Waals surface area contributed by atoms with Crippen LogP contribution in [0.1, 0.15) is 24.3 Å². The fraction of sp³-hybridized carbons (Fsp3) is 0.417. The van der Waals surface area contributed by atoms with Crippen molar-refractivity contribution in [1.82, 2.24) is 0 Å². The lowest BCUT2D eigenvalue weighted by Crippen LogP contribution is -2.11. The number of hydrogen-bond acceptors (Lipinski definition) is 2. The molecule has 0 aromatic heterocycles. The lowest BCUT2D eigenvalue weighted by Gasteiger charge is -2.12. The van der Waals surface area contributed by atoms with Crippen LogP contribution in [0.2, 0.25) is 0 Å². The summed E-state index contributed by atoms with van der Waals surface area (Å²) in [7, 11) is 0. The van der Waals surface area contributed by atoms with E-state index in [0.717, 1.165) is 22.2 Å². The molecule has 0 saturated carbocycles. The molecule has 0 saturated heterocycles. The standard InChI is InChI=1S/C12H15BrO2S/c1-16-8-2-3-11(12(14)15)9-4-6-10(13)7-5-9/h4-7,11H,2-3,8H2,1H3,(H,14,15). The molecule has 1 aromatic rings. The second-order valence-corrected chi connectivity index (χ2v) is 5.48. The first-order chi connectivity index (χ1) is 7.65. The first-order valence-electron chi connectivity index (χ1n) is 5.12. The molecule has 0 radical (unpaired) electrons. The maximum atomic E-state index is 11.2. The number of carboxylic acids is 1. The predicted molar refractivity (Wildman–Crippen MR) is 72.1 cm³/mol. The highest BCUT2D eigenvalue weighted by Gasteiger charge is 2.18. The Morgan fingerprint density at radius 3 is 2.56 bits per heavy atom. The summed E-state index contributed by atoms with van der Waals surface area (Å²) in [5.41, 5.74) is 0.886. The Balaban J connectivity index is 2.69. The van der Waals surface area contributed by atoms with Crippen LogP contribution in [0, 0.1) is 0 Å². The van der Waals surface area contributed by atoms with Gasteiger partial charge < -0.3 is 5.11 Å². The van der Waals surface area contributed by atoms with Gasteiger partial charge in [-0.15, -0.1) is 0 Å². The molecule has 1 N–H and O–H groups in total. The molecule has 0 spiro atoms. The Hall–Kier alpha value is -0.480. The van der Waals surface area contributed by atoms with Gasteiger partial charge in [0.25, 0.3) is 0 Å². The van der Waals surface area contributed by atoms with E-state index in [4.69, 9.17) is 0 Å². The minimum atomic E-state index is -0.733. The Bertz CT molecular complexity index is 337. The predicted octanol–water partition coefficient (Wildman–Crippen LogP) is 3.76. The van der Waals surface area contributed by atoms with E-state index in [9.17, 15) is 9.90 Å². The quantitative estimate of drug-likeness (QED) is 0.813. The largest absolute Gasteiger partial charge is 0.481 e. The van der Waals surface area contributed by atoms with Gasteiger partial charge in [0.15, 0.2) is 0 Å². The van der Waals surface area contributed by atoms with Crippen LogP contribution in [0.5, 0.6) is 0 Å². The van der Waals surface area contributed by atoms with Gasteiger partial charge in [-0.1, -0.05) is 28.1 Å². The van der Waals surface area contributed by atoms with Crippen LogP contribution >= 0.6 is 27.7 Å². The molecule has 1 aromatic carbocycles. The molecule has 0 aliphatic carbocycles. The molecule has 4 heteroatoms. The van der Waals surface area contributed by atoms with Crippen LogP contribution in [0.25, 0.3) is 0 Å². The van der Waals surface area contributed by atoms with E-state index in [1.165, 1.54) is 0 Å². The normalized spacial score (nSPS) is 12.4. The fourth-order valence-electron chi connectivity index (χ4n) is 1.56. The number of aliphatic carboxylic acids is 1. The average Bonchev–Trinajstić information content (AvgIpc) is 2.26. The van der Waals surface area contributed by atoms with Crippen molar-refractivity contribution in [1.29, 1.82) is 0 Å². The van der Waals surface area contributed by atoms with Crippen LogP contribution < -0.4 is 0 Å². The van der Waals surface area contributed by atoms with Gasteiger partial charge in [0.2, 0.25) is 0 Å². The third-order valence-corrected chi connectivity index (χ3v) is 3.64. The highest BCUT2D eigenvalue weighted by molar-refractivity contribution is 9.10. The van der Waals surface area contributed by atoms with Crippen molar-refractivity contribution in [2.24, 2.45) is 0 Å². The second-order valence-electron chi connectivity index (χ2n) is 3.58. The van der Waals surface area contributed by atoms with Crippen LogP contribution in [0.3, 0.4) is 0 Å². The summed E-state index contributed by atoms with van der Waals surface area (Å²) in [5.74, 6) is -0.0935. The molecule has 1 rings (SSSR count). The van der Waals surface area contributed by atoms with Gasteiger partial charge in [0.05, 0.1) is 5.92 Å². The molecular weight excluding hydrogens is 288 g/mol. The van der Waals surface area contributed by atoms with Gasteiger partial charge in [0, 0.05) is 4.47 Å². The Labute approximate surface area is 109 Å². The minimum absolute atomic E-state index is 0.375. The zero-order chi connectivity index (χ0) is 12.0. The molecule has 0 aliphatic heterocycles.